The number of rotatable bonds is 0. The largest absolute Gasteiger partial charge is 0.262 e. The average Bonchev–Trinajstić information content (AvgIpc) is 1.85. The van der Waals surface area contributed by atoms with Crippen LogP contribution in [0.1, 0.15) is 0 Å². The molecule has 0 aromatic carbocycles. The van der Waals surface area contributed by atoms with Gasteiger partial charge in [0.15, 0.2) is 6.54 Å². The molecule has 0 aliphatic carbocycles. The van der Waals surface area contributed by atoms with Gasteiger partial charge in [0.2, 0.25) is 11.3 Å². The van der Waals surface area contributed by atoms with Crippen molar-refractivity contribution in [3.8, 4) is 0 Å². The monoisotopic (exact) mass is 129 g/mol. The Morgan fingerprint density at radius 1 is 1.88 bits per heavy atom. The van der Waals surface area contributed by atoms with Crippen molar-refractivity contribution in [1.82, 2.24) is 4.90 Å². The first kappa shape index (κ1) is 5.69. The molecule has 0 spiro atoms. The van der Waals surface area contributed by atoms with E-state index < -0.39 is 0 Å². The smallest absolute Gasteiger partial charge is 0.239 e. The van der Waals surface area contributed by atoms with Crippen LogP contribution in [0.15, 0.2) is 0 Å². The van der Waals surface area contributed by atoms with Crippen LogP contribution >= 0.6 is 12.2 Å². The summed E-state index contributed by atoms with van der Waals surface area (Å²) in [5, 5.41) is 0. The summed E-state index contributed by atoms with van der Waals surface area (Å²) in [5.74, 6) is 0. The molecule has 0 saturated heterocycles. The molecule has 0 unspecified atom stereocenters. The van der Waals surface area contributed by atoms with Crippen molar-refractivity contribution in [3.63, 3.8) is 0 Å². The Bertz CT molecular complexity index is 151. The van der Waals surface area contributed by atoms with E-state index in [2.05, 4.69) is 4.58 Å². The predicted molar refractivity (Wildman–Crippen MR) is 37.5 cm³/mol. The number of hydrogen-bond acceptors (Lipinski definition) is 1. The van der Waals surface area contributed by atoms with Gasteiger partial charge < -0.3 is 0 Å². The third-order valence-electron chi connectivity index (χ3n) is 1.15. The summed E-state index contributed by atoms with van der Waals surface area (Å²) in [5.41, 5.74) is 0. The number of thiocarbonyl (C=S) groups is 1. The van der Waals surface area contributed by atoms with Crippen LogP contribution in [0.2, 0.25) is 0 Å². The normalized spacial score (nSPS) is 19.5. The summed E-state index contributed by atoms with van der Waals surface area (Å²) in [6, 6.07) is 0. The molecule has 8 heavy (non-hydrogen) atoms. The van der Waals surface area contributed by atoms with Crippen LogP contribution in [-0.2, 0) is 0 Å². The van der Waals surface area contributed by atoms with Gasteiger partial charge in [0.05, 0.1) is 14.1 Å². The lowest BCUT2D eigenvalue weighted by Crippen LogP contribution is -2.18. The van der Waals surface area contributed by atoms with Crippen LogP contribution in [-0.4, -0.2) is 41.4 Å². The van der Waals surface area contributed by atoms with E-state index >= 15 is 0 Å². The molecular weight excluding hydrogens is 120 g/mol. The van der Waals surface area contributed by atoms with E-state index in [9.17, 15) is 0 Å². The number of nitrogens with zero attached hydrogens (tertiary/aromatic N) is 2. The second kappa shape index (κ2) is 1.82. The molecule has 1 rings (SSSR count). The van der Waals surface area contributed by atoms with E-state index in [4.69, 9.17) is 12.2 Å². The third kappa shape index (κ3) is 0.865. The fourth-order valence-corrected chi connectivity index (χ4v) is 0.977. The van der Waals surface area contributed by atoms with E-state index in [0.29, 0.717) is 0 Å². The predicted octanol–water partition coefficient (Wildman–Crippen LogP) is -0.0702. The summed E-state index contributed by atoms with van der Waals surface area (Å²) in [7, 11) is 3.97. The van der Waals surface area contributed by atoms with Gasteiger partial charge in [-0.15, -0.1) is 0 Å². The molecule has 3 heteroatoms. The molecule has 0 amide bonds. The van der Waals surface area contributed by atoms with Gasteiger partial charge in [-0.05, 0) is 12.2 Å². The minimum absolute atomic E-state index is 0.895. The quantitative estimate of drug-likeness (QED) is 0.333. The van der Waals surface area contributed by atoms with E-state index in [1.54, 1.807) is 0 Å². The van der Waals surface area contributed by atoms with Gasteiger partial charge in [0.25, 0.3) is 0 Å². The zero-order valence-corrected chi connectivity index (χ0v) is 5.90. The second-order valence-electron chi connectivity index (χ2n) is 2.04. The van der Waals surface area contributed by atoms with Crippen molar-refractivity contribution in [2.45, 2.75) is 0 Å². The average molecular weight is 129 g/mol. The third-order valence-corrected chi connectivity index (χ3v) is 1.57. The van der Waals surface area contributed by atoms with Crippen LogP contribution in [0.25, 0.3) is 0 Å². The van der Waals surface area contributed by atoms with Crippen molar-refractivity contribution in [1.29, 1.82) is 0 Å². The van der Waals surface area contributed by atoms with Gasteiger partial charge in [-0.25, -0.2) is 4.90 Å². The number of hydrogen-bond donors (Lipinski definition) is 0. The summed E-state index contributed by atoms with van der Waals surface area (Å²) in [4.78, 5) is 2.95. The Labute approximate surface area is 54.4 Å². The molecule has 0 radical (unpaired) electrons. The zero-order chi connectivity index (χ0) is 6.15. The molecule has 1 heterocycles. The van der Waals surface area contributed by atoms with Gasteiger partial charge >= 0.3 is 0 Å². The molecular formula is C5H9N2S+. The highest BCUT2D eigenvalue weighted by molar-refractivity contribution is 7.80. The minimum Gasteiger partial charge on any atom is -0.262 e. The number of likely N-dealkylation sites (N-methyl/N-ethyl adjacent to an activating group) is 2. The van der Waals surface area contributed by atoms with Gasteiger partial charge in [-0.2, -0.15) is 0 Å². The summed E-state index contributed by atoms with van der Waals surface area (Å²) < 4.78 is 2.06. The van der Waals surface area contributed by atoms with Gasteiger partial charge in [0.1, 0.15) is 0 Å². The van der Waals surface area contributed by atoms with E-state index in [1.165, 1.54) is 0 Å². The summed E-state index contributed by atoms with van der Waals surface area (Å²) in [6.45, 7) is 0.895. The van der Waals surface area contributed by atoms with Crippen LogP contribution in [0, 0.1) is 0 Å². The van der Waals surface area contributed by atoms with E-state index in [-0.39, 0.29) is 0 Å². The lowest BCUT2D eigenvalue weighted by atomic mass is 10.6. The Morgan fingerprint density at radius 2 is 2.50 bits per heavy atom. The van der Waals surface area contributed by atoms with Crippen molar-refractivity contribution in [3.05, 3.63) is 0 Å². The van der Waals surface area contributed by atoms with Crippen LogP contribution in [0.4, 0.5) is 0 Å². The molecule has 0 fully saturated rings. The van der Waals surface area contributed by atoms with Crippen molar-refractivity contribution >= 4 is 23.5 Å². The SMILES string of the molecule is CN1C=[N+](C)CC1=S. The Kier molecular flexibility index (Phi) is 1.29. The molecule has 1 aliphatic rings. The van der Waals surface area contributed by atoms with Gasteiger partial charge in [0, 0.05) is 0 Å². The molecule has 0 saturated carbocycles. The van der Waals surface area contributed by atoms with Crippen LogP contribution in [0.3, 0.4) is 0 Å². The Morgan fingerprint density at radius 3 is 2.62 bits per heavy atom. The maximum atomic E-state index is 4.97. The molecule has 0 aromatic rings. The zero-order valence-electron chi connectivity index (χ0n) is 5.09. The van der Waals surface area contributed by atoms with Crippen molar-refractivity contribution in [2.75, 3.05) is 20.6 Å². The van der Waals surface area contributed by atoms with Gasteiger partial charge in [-0.3, -0.25) is 4.58 Å². The lowest BCUT2D eigenvalue weighted by molar-refractivity contribution is -0.472. The second-order valence-corrected chi connectivity index (χ2v) is 2.51. The minimum atomic E-state index is 0.895. The maximum absolute atomic E-state index is 4.97. The molecule has 2 nitrogen and oxygen atoms in total. The molecule has 44 valence electrons. The highest BCUT2D eigenvalue weighted by Crippen LogP contribution is 1.91. The van der Waals surface area contributed by atoms with E-state index in [0.717, 1.165) is 11.5 Å². The van der Waals surface area contributed by atoms with E-state index in [1.807, 2.05) is 25.3 Å². The molecule has 1 aliphatic heterocycles. The summed E-state index contributed by atoms with van der Waals surface area (Å²) >= 11 is 4.97. The Hall–Kier alpha value is -0.440. The first-order valence-electron chi connectivity index (χ1n) is 2.51. The standard InChI is InChI=1S/C5H9N2S/c1-6-3-5(8)7(2)4-6/h4H,3H2,1-2H3/q+1. The first-order chi connectivity index (χ1) is 3.70. The van der Waals surface area contributed by atoms with Crippen molar-refractivity contribution in [2.24, 2.45) is 0 Å². The topological polar surface area (TPSA) is 6.25 Å². The molecule has 0 atom stereocenters. The van der Waals surface area contributed by atoms with Crippen LogP contribution in [0.5, 0.6) is 0 Å². The molecule has 0 aromatic heterocycles. The van der Waals surface area contributed by atoms with Gasteiger partial charge in [-0.1, -0.05) is 0 Å². The summed E-state index contributed by atoms with van der Waals surface area (Å²) in [6.07, 6.45) is 1.99. The molecule has 0 bridgehead atoms. The maximum Gasteiger partial charge on any atom is 0.239 e. The highest BCUT2D eigenvalue weighted by atomic mass is 32.1. The molecule has 0 N–H and O–H groups in total. The lowest BCUT2D eigenvalue weighted by Gasteiger charge is -1.92. The fourth-order valence-electron chi connectivity index (χ4n) is 0.726. The Balaban J connectivity index is 2.69. The van der Waals surface area contributed by atoms with Crippen molar-refractivity contribution < 1.29 is 4.58 Å². The fraction of sp³-hybridized carbons (Fsp3) is 0.600. The van der Waals surface area contributed by atoms with Crippen LogP contribution < -0.4 is 0 Å². The highest BCUT2D eigenvalue weighted by Gasteiger charge is 2.17. The first-order valence-corrected chi connectivity index (χ1v) is 2.92.